The fraction of sp³-hybridized carbons (Fsp3) is 0.846. The van der Waals surface area contributed by atoms with Crippen LogP contribution in [0, 0.1) is 0 Å². The molecule has 0 saturated carbocycles. The number of nitrogens with one attached hydrogen (secondary N) is 1. The van der Waals surface area contributed by atoms with E-state index in [1.807, 2.05) is 0 Å². The van der Waals surface area contributed by atoms with Crippen LogP contribution in [0.25, 0.3) is 0 Å². The quantitative estimate of drug-likeness (QED) is 0.799. The van der Waals surface area contributed by atoms with Gasteiger partial charge in [-0.25, -0.2) is 4.79 Å². The van der Waals surface area contributed by atoms with Gasteiger partial charge in [0.15, 0.2) is 0 Å². The first-order valence-electron chi connectivity index (χ1n) is 6.78. The Balaban J connectivity index is 2.53. The molecular weight excluding hydrogens is 246 g/mol. The molecule has 1 atom stereocenters. The molecule has 0 aromatic rings. The summed E-state index contributed by atoms with van der Waals surface area (Å²) in [6.45, 7) is 10.9. The number of nitrogens with zero attached hydrogens (tertiary/aromatic N) is 2. The predicted molar refractivity (Wildman–Crippen MR) is 73.1 cm³/mol. The molecule has 1 heterocycles. The topological polar surface area (TPSA) is 72.9 Å². The van der Waals surface area contributed by atoms with Gasteiger partial charge in [0.25, 0.3) is 0 Å². The van der Waals surface area contributed by atoms with Crippen molar-refractivity contribution in [3.05, 3.63) is 0 Å². The molecule has 6 heteroatoms. The van der Waals surface area contributed by atoms with Gasteiger partial charge in [0.2, 0.25) is 0 Å². The highest BCUT2D eigenvalue weighted by Gasteiger charge is 2.30. The van der Waals surface area contributed by atoms with Crippen molar-refractivity contribution in [3.63, 3.8) is 0 Å². The first-order valence-corrected chi connectivity index (χ1v) is 6.78. The summed E-state index contributed by atoms with van der Waals surface area (Å²) in [6.07, 6.45) is -0.0801. The van der Waals surface area contributed by atoms with Crippen LogP contribution in [0.2, 0.25) is 0 Å². The minimum Gasteiger partial charge on any atom is -0.481 e. The maximum atomic E-state index is 12.1. The third-order valence-electron chi connectivity index (χ3n) is 3.50. The maximum absolute atomic E-state index is 12.1. The fourth-order valence-electron chi connectivity index (χ4n) is 2.44. The number of piperazine rings is 1. The Hall–Kier alpha value is -1.30. The number of aliphatic carboxylic acids is 1. The van der Waals surface area contributed by atoms with Crippen molar-refractivity contribution in [3.8, 4) is 0 Å². The van der Waals surface area contributed by atoms with Gasteiger partial charge in [0.1, 0.15) is 0 Å². The SMILES string of the molecule is CCN1CCN(C(=O)NC(C)(C)CC(=O)O)CC1C. The Morgan fingerprint density at radius 3 is 2.47 bits per heavy atom. The summed E-state index contributed by atoms with van der Waals surface area (Å²) >= 11 is 0. The number of carbonyl (C=O) groups is 2. The van der Waals surface area contributed by atoms with Gasteiger partial charge >= 0.3 is 12.0 Å². The first kappa shape index (κ1) is 15.8. The molecule has 0 aromatic carbocycles. The number of amides is 2. The largest absolute Gasteiger partial charge is 0.481 e. The van der Waals surface area contributed by atoms with Gasteiger partial charge in [-0.15, -0.1) is 0 Å². The van der Waals surface area contributed by atoms with E-state index in [0.717, 1.165) is 13.1 Å². The molecule has 0 bridgehead atoms. The van der Waals surface area contributed by atoms with Crippen molar-refractivity contribution in [1.29, 1.82) is 0 Å². The Morgan fingerprint density at radius 1 is 1.37 bits per heavy atom. The molecule has 0 aliphatic carbocycles. The molecule has 1 fully saturated rings. The Morgan fingerprint density at radius 2 is 2.00 bits per heavy atom. The van der Waals surface area contributed by atoms with Crippen molar-refractivity contribution >= 4 is 12.0 Å². The molecule has 2 N–H and O–H groups in total. The maximum Gasteiger partial charge on any atom is 0.317 e. The van der Waals surface area contributed by atoms with E-state index in [0.29, 0.717) is 19.1 Å². The van der Waals surface area contributed by atoms with E-state index in [1.54, 1.807) is 18.7 Å². The third kappa shape index (κ3) is 4.70. The lowest BCUT2D eigenvalue weighted by Gasteiger charge is -2.40. The van der Waals surface area contributed by atoms with Gasteiger partial charge in [-0.05, 0) is 27.3 Å². The van der Waals surface area contributed by atoms with Crippen LogP contribution in [-0.2, 0) is 4.79 Å². The van der Waals surface area contributed by atoms with Crippen molar-refractivity contribution in [2.45, 2.75) is 45.7 Å². The monoisotopic (exact) mass is 271 g/mol. The molecule has 0 aromatic heterocycles. The van der Waals surface area contributed by atoms with E-state index in [-0.39, 0.29) is 12.5 Å². The average Bonchev–Trinajstić information content (AvgIpc) is 2.26. The van der Waals surface area contributed by atoms with Crippen LogP contribution in [0.5, 0.6) is 0 Å². The van der Waals surface area contributed by atoms with Gasteiger partial charge in [-0.2, -0.15) is 0 Å². The van der Waals surface area contributed by atoms with E-state index in [2.05, 4.69) is 24.1 Å². The molecule has 19 heavy (non-hydrogen) atoms. The zero-order valence-electron chi connectivity index (χ0n) is 12.3. The highest BCUT2D eigenvalue weighted by atomic mass is 16.4. The minimum atomic E-state index is -0.908. The Labute approximate surface area is 114 Å². The van der Waals surface area contributed by atoms with Gasteiger partial charge in [-0.3, -0.25) is 9.69 Å². The molecule has 0 spiro atoms. The van der Waals surface area contributed by atoms with Crippen LogP contribution in [0.3, 0.4) is 0 Å². The van der Waals surface area contributed by atoms with Gasteiger partial charge in [0.05, 0.1) is 6.42 Å². The highest BCUT2D eigenvalue weighted by molar-refractivity contribution is 5.76. The summed E-state index contributed by atoms with van der Waals surface area (Å²) in [7, 11) is 0. The standard InChI is InChI=1S/C13H25N3O3/c1-5-15-6-7-16(9-10(15)2)12(19)14-13(3,4)8-11(17)18/h10H,5-9H2,1-4H3,(H,14,19)(H,17,18). The lowest BCUT2D eigenvalue weighted by atomic mass is 10.0. The Kier molecular flexibility index (Phi) is 5.17. The van der Waals surface area contributed by atoms with Gasteiger partial charge < -0.3 is 15.3 Å². The van der Waals surface area contributed by atoms with E-state index in [4.69, 9.17) is 5.11 Å². The number of likely N-dealkylation sites (N-methyl/N-ethyl adjacent to an activating group) is 1. The molecule has 1 aliphatic rings. The van der Waals surface area contributed by atoms with E-state index in [9.17, 15) is 9.59 Å². The number of hydrogen-bond donors (Lipinski definition) is 2. The average molecular weight is 271 g/mol. The minimum absolute atomic E-state index is 0.0801. The molecule has 1 unspecified atom stereocenters. The number of carboxylic acid groups (broad SMARTS) is 1. The van der Waals surface area contributed by atoms with Crippen molar-refractivity contribution < 1.29 is 14.7 Å². The second-order valence-electron chi connectivity index (χ2n) is 5.81. The number of urea groups is 1. The summed E-state index contributed by atoms with van der Waals surface area (Å²) in [5.74, 6) is -0.908. The summed E-state index contributed by atoms with van der Waals surface area (Å²) in [6, 6.07) is 0.168. The molecule has 1 saturated heterocycles. The molecule has 1 aliphatic heterocycles. The normalized spacial score (nSPS) is 21.3. The molecule has 1 rings (SSSR count). The van der Waals surface area contributed by atoms with E-state index < -0.39 is 11.5 Å². The van der Waals surface area contributed by atoms with Crippen LogP contribution in [0.15, 0.2) is 0 Å². The van der Waals surface area contributed by atoms with Gasteiger partial charge in [0, 0.05) is 31.2 Å². The van der Waals surface area contributed by atoms with Crippen LogP contribution >= 0.6 is 0 Å². The highest BCUT2D eigenvalue weighted by Crippen LogP contribution is 2.12. The lowest BCUT2D eigenvalue weighted by molar-refractivity contribution is -0.138. The van der Waals surface area contributed by atoms with Crippen LogP contribution < -0.4 is 5.32 Å². The number of hydrogen-bond acceptors (Lipinski definition) is 3. The molecule has 0 radical (unpaired) electrons. The Bertz CT molecular complexity index is 344. The van der Waals surface area contributed by atoms with Crippen molar-refractivity contribution in [1.82, 2.24) is 15.1 Å². The number of carbonyl (C=O) groups excluding carboxylic acids is 1. The smallest absolute Gasteiger partial charge is 0.317 e. The van der Waals surface area contributed by atoms with Crippen molar-refractivity contribution in [2.75, 3.05) is 26.2 Å². The van der Waals surface area contributed by atoms with E-state index in [1.165, 1.54) is 0 Å². The lowest BCUT2D eigenvalue weighted by Crippen LogP contribution is -2.58. The van der Waals surface area contributed by atoms with Gasteiger partial charge in [-0.1, -0.05) is 6.92 Å². The van der Waals surface area contributed by atoms with Crippen molar-refractivity contribution in [2.24, 2.45) is 0 Å². The second kappa shape index (κ2) is 6.23. The van der Waals surface area contributed by atoms with E-state index >= 15 is 0 Å². The summed E-state index contributed by atoms with van der Waals surface area (Å²) in [5, 5.41) is 11.6. The second-order valence-corrected chi connectivity index (χ2v) is 5.81. The summed E-state index contributed by atoms with van der Waals surface area (Å²) < 4.78 is 0. The van der Waals surface area contributed by atoms with Crippen LogP contribution in [0.4, 0.5) is 4.79 Å². The molecule has 110 valence electrons. The molecule has 6 nitrogen and oxygen atoms in total. The predicted octanol–water partition coefficient (Wildman–Crippen LogP) is 0.975. The summed E-state index contributed by atoms with van der Waals surface area (Å²) in [5.41, 5.74) is -0.728. The zero-order chi connectivity index (χ0) is 14.6. The molecule has 2 amide bonds. The first-order chi connectivity index (χ1) is 8.75. The zero-order valence-corrected chi connectivity index (χ0v) is 12.3. The van der Waals surface area contributed by atoms with Crippen LogP contribution in [0.1, 0.15) is 34.1 Å². The molecular formula is C13H25N3O3. The fourth-order valence-corrected chi connectivity index (χ4v) is 2.44. The third-order valence-corrected chi connectivity index (χ3v) is 3.50. The van der Waals surface area contributed by atoms with Crippen LogP contribution in [-0.4, -0.2) is 64.7 Å². The number of rotatable bonds is 4. The number of carboxylic acids is 1. The summed E-state index contributed by atoms with van der Waals surface area (Å²) in [4.78, 5) is 27.0.